The van der Waals surface area contributed by atoms with Crippen molar-refractivity contribution in [2.45, 2.75) is 63.0 Å². The smallest absolute Gasteiger partial charge is 0.336 e. The number of carbonyl (C=O) groups excluding carboxylic acids is 2. The van der Waals surface area contributed by atoms with E-state index < -0.39 is 36.4 Å². The molecule has 3 amide bonds. The zero-order chi connectivity index (χ0) is 37.0. The van der Waals surface area contributed by atoms with Crippen LogP contribution in [0.5, 0.6) is 0 Å². The lowest BCUT2D eigenvalue weighted by Crippen LogP contribution is -2.55. The predicted octanol–water partition coefficient (Wildman–Crippen LogP) is 4.60. The van der Waals surface area contributed by atoms with Gasteiger partial charge >= 0.3 is 23.9 Å². The highest BCUT2D eigenvalue weighted by molar-refractivity contribution is 6.42. The van der Waals surface area contributed by atoms with Crippen LogP contribution in [-0.4, -0.2) is 134 Å². The Morgan fingerprint density at radius 3 is 2.08 bits per heavy atom. The van der Waals surface area contributed by atoms with Gasteiger partial charge in [-0.15, -0.1) is 0 Å². The Morgan fingerprint density at radius 2 is 1.54 bits per heavy atom. The number of aliphatic carboxylic acids is 3. The van der Waals surface area contributed by atoms with Gasteiger partial charge < -0.3 is 40.0 Å². The molecule has 274 valence electrons. The summed E-state index contributed by atoms with van der Waals surface area (Å²) in [6.45, 7) is 8.08. The minimum absolute atomic E-state index is 0.0128. The second-order valence-corrected chi connectivity index (χ2v) is 13.5. The molecule has 15 heteroatoms. The molecule has 0 saturated carbocycles. The molecule has 13 nitrogen and oxygen atoms in total. The molecular weight excluding hydrogens is 691 g/mol. The van der Waals surface area contributed by atoms with E-state index >= 15 is 0 Å². The van der Waals surface area contributed by atoms with Crippen LogP contribution in [-0.2, 0) is 14.4 Å². The minimum Gasteiger partial charge on any atom is -0.481 e. The Morgan fingerprint density at radius 1 is 0.920 bits per heavy atom. The minimum atomic E-state index is -2.74. The van der Waals surface area contributed by atoms with Crippen LogP contribution in [0.25, 0.3) is 0 Å². The second kappa shape index (κ2) is 18.9. The highest BCUT2D eigenvalue weighted by atomic mass is 35.5. The maximum Gasteiger partial charge on any atom is 0.336 e. The van der Waals surface area contributed by atoms with Gasteiger partial charge in [-0.3, -0.25) is 14.4 Å². The number of urea groups is 1. The Bertz CT molecular complexity index is 1470. The fraction of sp³-hybridized carbons (Fsp3) is 0.514. The Labute approximate surface area is 302 Å². The fourth-order valence-corrected chi connectivity index (χ4v) is 6.59. The predicted molar refractivity (Wildman–Crippen MR) is 188 cm³/mol. The number of hydrogen-bond donors (Lipinski definition) is 4. The lowest BCUT2D eigenvalue weighted by molar-refractivity contribution is -0.170. The van der Waals surface area contributed by atoms with Crippen molar-refractivity contribution in [3.63, 3.8) is 0 Å². The lowest BCUT2D eigenvalue weighted by Gasteiger charge is -2.43. The van der Waals surface area contributed by atoms with Gasteiger partial charge in [0.1, 0.15) is 0 Å². The van der Waals surface area contributed by atoms with Crippen LogP contribution < -0.4 is 0 Å². The van der Waals surface area contributed by atoms with Gasteiger partial charge in [-0.2, -0.15) is 0 Å². The molecule has 50 heavy (non-hydrogen) atoms. The molecule has 0 unspecified atom stereocenters. The number of nitrogens with zero attached hydrogens (tertiary/aromatic N) is 4. The molecule has 1 atom stereocenters. The summed E-state index contributed by atoms with van der Waals surface area (Å²) in [6.07, 6.45) is 1.69. The van der Waals surface area contributed by atoms with Crippen molar-refractivity contribution >= 4 is 53.0 Å². The first-order valence-electron chi connectivity index (χ1n) is 16.6. The van der Waals surface area contributed by atoms with Crippen LogP contribution in [0.4, 0.5) is 4.79 Å². The summed E-state index contributed by atoms with van der Waals surface area (Å²) in [5.74, 6) is -4.87. The zero-order valence-corrected chi connectivity index (χ0v) is 29.9. The molecule has 0 radical (unpaired) electrons. The van der Waals surface area contributed by atoms with Gasteiger partial charge in [0.2, 0.25) is 0 Å². The number of carboxylic acids is 3. The Hall–Kier alpha value is -3.91. The van der Waals surface area contributed by atoms with Crippen LogP contribution in [0.1, 0.15) is 67.3 Å². The maximum atomic E-state index is 13.0. The number of likely N-dealkylation sites (tertiary alicyclic amines) is 1. The lowest BCUT2D eigenvalue weighted by atomic mass is 9.93. The standard InChI is InChI=1S/C29H38Cl2N4O2.C6H8O7/c1-3-34-15-7-16-35(29(34)37)25-13-18-33(19-14-25)17-12-24(23-10-11-26(30)27(31)20-23)21-32(2)28(36)22-8-5-4-6-9-22;7-3(8)1-6(13,5(11)12)2-4(9)10/h4-6,8-11,20,24-25H,3,7,12-19,21H2,1-2H3;13H,1-2H2,(H,7,8)(H,9,10)(H,11,12)/t24-;/m1./s1. The summed E-state index contributed by atoms with van der Waals surface area (Å²) < 4.78 is 0. The molecule has 2 aromatic carbocycles. The topological polar surface area (TPSA) is 179 Å². The third kappa shape index (κ3) is 11.6. The van der Waals surface area contributed by atoms with Crippen molar-refractivity contribution in [2.75, 3.05) is 52.9 Å². The van der Waals surface area contributed by atoms with Gasteiger partial charge in [-0.05, 0) is 69.0 Å². The van der Waals surface area contributed by atoms with E-state index in [1.54, 1.807) is 4.90 Å². The summed E-state index contributed by atoms with van der Waals surface area (Å²) in [4.78, 5) is 64.7. The first kappa shape index (κ1) is 40.5. The summed E-state index contributed by atoms with van der Waals surface area (Å²) in [7, 11) is 1.86. The van der Waals surface area contributed by atoms with Gasteiger partial charge in [0.25, 0.3) is 5.91 Å². The number of rotatable bonds is 14. The third-order valence-electron chi connectivity index (χ3n) is 9.08. The van der Waals surface area contributed by atoms with Crippen molar-refractivity contribution < 1.29 is 44.4 Å². The van der Waals surface area contributed by atoms with Crippen LogP contribution in [0.3, 0.4) is 0 Å². The number of hydrogen-bond acceptors (Lipinski definition) is 7. The average Bonchev–Trinajstić information content (AvgIpc) is 3.07. The summed E-state index contributed by atoms with van der Waals surface area (Å²) in [5.41, 5.74) is -0.957. The molecule has 4 N–H and O–H groups in total. The van der Waals surface area contributed by atoms with Crippen LogP contribution >= 0.6 is 23.2 Å². The van der Waals surface area contributed by atoms with Crippen molar-refractivity contribution in [3.05, 3.63) is 69.7 Å². The summed E-state index contributed by atoms with van der Waals surface area (Å²) >= 11 is 12.6. The number of carbonyl (C=O) groups is 5. The van der Waals surface area contributed by atoms with E-state index in [9.17, 15) is 24.0 Å². The molecule has 0 bridgehead atoms. The van der Waals surface area contributed by atoms with Gasteiger partial charge in [-0.1, -0.05) is 47.5 Å². The maximum absolute atomic E-state index is 13.0. The molecule has 2 heterocycles. The van der Waals surface area contributed by atoms with E-state index in [2.05, 4.69) is 16.7 Å². The molecule has 2 saturated heterocycles. The molecule has 2 fully saturated rings. The highest BCUT2D eigenvalue weighted by Crippen LogP contribution is 2.30. The molecule has 2 aromatic rings. The molecule has 0 aromatic heterocycles. The number of carboxylic acid groups (broad SMARTS) is 3. The Balaban J connectivity index is 0.000000442. The van der Waals surface area contributed by atoms with Crippen molar-refractivity contribution in [3.8, 4) is 0 Å². The SMILES string of the molecule is CCN1CCCN(C2CCN(CC[C@H](CN(C)C(=O)c3ccccc3)c3ccc(Cl)c(Cl)c3)CC2)C1=O.O=C(O)CC(O)(CC(=O)O)C(=O)O. The summed E-state index contributed by atoms with van der Waals surface area (Å²) in [5, 5.41) is 34.9. The highest BCUT2D eigenvalue weighted by Gasteiger charge is 2.41. The number of piperidine rings is 1. The molecule has 0 aliphatic carbocycles. The first-order chi connectivity index (χ1) is 23.6. The zero-order valence-electron chi connectivity index (χ0n) is 28.3. The normalized spacial score (nSPS) is 16.3. The fourth-order valence-electron chi connectivity index (χ4n) is 6.29. The van der Waals surface area contributed by atoms with E-state index in [0.717, 1.165) is 70.5 Å². The van der Waals surface area contributed by atoms with Gasteiger partial charge in [0.15, 0.2) is 5.60 Å². The molecule has 4 rings (SSSR count). The van der Waals surface area contributed by atoms with E-state index in [1.807, 2.05) is 60.5 Å². The van der Waals surface area contributed by atoms with Crippen molar-refractivity contribution in [1.82, 2.24) is 19.6 Å². The second-order valence-electron chi connectivity index (χ2n) is 12.7. The van der Waals surface area contributed by atoms with Crippen LogP contribution in [0, 0.1) is 0 Å². The Kier molecular flexibility index (Phi) is 15.3. The quantitative estimate of drug-likeness (QED) is 0.214. The first-order valence-corrected chi connectivity index (χ1v) is 17.3. The van der Waals surface area contributed by atoms with E-state index in [-0.39, 0.29) is 17.9 Å². The molecule has 2 aliphatic rings. The van der Waals surface area contributed by atoms with Crippen molar-refractivity contribution in [1.29, 1.82) is 0 Å². The molecule has 0 spiro atoms. The molecule has 2 aliphatic heterocycles. The van der Waals surface area contributed by atoms with Crippen molar-refractivity contribution in [2.24, 2.45) is 0 Å². The van der Waals surface area contributed by atoms with E-state index in [0.29, 0.717) is 28.2 Å². The monoisotopic (exact) mass is 736 g/mol. The number of halogens is 2. The van der Waals surface area contributed by atoms with Crippen LogP contribution in [0.2, 0.25) is 10.0 Å². The number of likely N-dealkylation sites (N-methyl/N-ethyl adjacent to an activating group) is 1. The average molecular weight is 738 g/mol. The van der Waals surface area contributed by atoms with Gasteiger partial charge in [0, 0.05) is 63.8 Å². The summed E-state index contributed by atoms with van der Waals surface area (Å²) in [6, 6.07) is 15.7. The van der Waals surface area contributed by atoms with Gasteiger partial charge in [0.05, 0.1) is 22.9 Å². The number of amides is 3. The van der Waals surface area contributed by atoms with Gasteiger partial charge in [-0.25, -0.2) is 9.59 Å². The van der Waals surface area contributed by atoms with E-state index in [1.165, 1.54) is 0 Å². The van der Waals surface area contributed by atoms with E-state index in [4.69, 9.17) is 43.6 Å². The van der Waals surface area contributed by atoms with Crippen LogP contribution in [0.15, 0.2) is 48.5 Å². The number of benzene rings is 2. The number of aliphatic hydroxyl groups is 1. The molecular formula is C35H46Cl2N4O9. The third-order valence-corrected chi connectivity index (χ3v) is 9.82. The largest absolute Gasteiger partial charge is 0.481 e.